The quantitative estimate of drug-likeness (QED) is 0.927. The standard InChI is InChI=1S/C18H24O3S/c1-5-17(4)11-15(19)10-14(3)18(17,20)12-22(21)16-8-6-13(2)7-9-16/h6-10,20H,5,11-12H2,1-4H3/t17-,18+,22?/m0/s1. The van der Waals surface area contributed by atoms with E-state index in [1.807, 2.05) is 45.0 Å². The van der Waals surface area contributed by atoms with Crippen molar-refractivity contribution in [2.45, 2.75) is 51.0 Å². The van der Waals surface area contributed by atoms with Crippen LogP contribution in [0.2, 0.25) is 0 Å². The highest BCUT2D eigenvalue weighted by Crippen LogP contribution is 2.46. The molecule has 0 aliphatic heterocycles. The van der Waals surface area contributed by atoms with Crippen molar-refractivity contribution in [3.8, 4) is 0 Å². The van der Waals surface area contributed by atoms with Gasteiger partial charge in [0.15, 0.2) is 5.78 Å². The Labute approximate surface area is 134 Å². The summed E-state index contributed by atoms with van der Waals surface area (Å²) in [5.41, 5.74) is -0.0694. The van der Waals surface area contributed by atoms with Gasteiger partial charge in [-0.1, -0.05) is 31.5 Å². The van der Waals surface area contributed by atoms with E-state index in [9.17, 15) is 14.1 Å². The molecule has 1 aromatic carbocycles. The van der Waals surface area contributed by atoms with Gasteiger partial charge in [0, 0.05) is 16.7 Å². The number of aryl methyl sites for hydroxylation is 1. The Morgan fingerprint density at radius 2 is 1.82 bits per heavy atom. The van der Waals surface area contributed by atoms with Crippen molar-refractivity contribution in [1.82, 2.24) is 0 Å². The smallest absolute Gasteiger partial charge is 0.156 e. The predicted octanol–water partition coefficient (Wildman–Crippen LogP) is 3.17. The molecule has 1 aliphatic carbocycles. The Morgan fingerprint density at radius 1 is 1.23 bits per heavy atom. The number of allylic oxidation sites excluding steroid dienone is 1. The molecule has 1 N–H and O–H groups in total. The van der Waals surface area contributed by atoms with Gasteiger partial charge in [-0.05, 0) is 44.1 Å². The molecule has 0 saturated heterocycles. The number of carbonyl (C=O) groups is 1. The number of carbonyl (C=O) groups excluding carboxylic acids is 1. The summed E-state index contributed by atoms with van der Waals surface area (Å²) < 4.78 is 12.7. The van der Waals surface area contributed by atoms with Crippen LogP contribution in [0.1, 0.15) is 39.2 Å². The molecule has 3 atom stereocenters. The molecule has 4 heteroatoms. The summed E-state index contributed by atoms with van der Waals surface area (Å²) >= 11 is 0. The summed E-state index contributed by atoms with van der Waals surface area (Å²) in [6.07, 6.45) is 2.46. The maximum absolute atomic E-state index is 12.7. The van der Waals surface area contributed by atoms with E-state index in [0.717, 1.165) is 5.56 Å². The van der Waals surface area contributed by atoms with Gasteiger partial charge < -0.3 is 5.11 Å². The summed E-state index contributed by atoms with van der Waals surface area (Å²) in [6.45, 7) is 7.62. The molecule has 0 saturated carbocycles. The monoisotopic (exact) mass is 320 g/mol. The maximum atomic E-state index is 12.7. The maximum Gasteiger partial charge on any atom is 0.156 e. The minimum absolute atomic E-state index is 0.0349. The second kappa shape index (κ2) is 6.09. The highest BCUT2D eigenvalue weighted by Gasteiger charge is 2.51. The Kier molecular flexibility index (Phi) is 4.73. The third-order valence-electron chi connectivity index (χ3n) is 5.00. The number of hydrogen-bond donors (Lipinski definition) is 1. The van der Waals surface area contributed by atoms with Crippen molar-refractivity contribution in [2.24, 2.45) is 5.41 Å². The third-order valence-corrected chi connectivity index (χ3v) is 6.47. The minimum Gasteiger partial charge on any atom is -0.384 e. The Morgan fingerprint density at radius 3 is 2.36 bits per heavy atom. The Balaban J connectivity index is 2.35. The van der Waals surface area contributed by atoms with Crippen LogP contribution in [0.4, 0.5) is 0 Å². The van der Waals surface area contributed by atoms with E-state index in [0.29, 0.717) is 23.3 Å². The van der Waals surface area contributed by atoms with Crippen molar-refractivity contribution < 1.29 is 14.1 Å². The number of hydrogen-bond acceptors (Lipinski definition) is 3. The van der Waals surface area contributed by atoms with E-state index in [1.165, 1.54) is 6.08 Å². The van der Waals surface area contributed by atoms with E-state index in [2.05, 4.69) is 0 Å². The van der Waals surface area contributed by atoms with Crippen LogP contribution >= 0.6 is 0 Å². The van der Waals surface area contributed by atoms with Crippen LogP contribution in [-0.2, 0) is 15.6 Å². The fourth-order valence-electron chi connectivity index (χ4n) is 3.09. The van der Waals surface area contributed by atoms with Crippen molar-refractivity contribution in [3.63, 3.8) is 0 Å². The van der Waals surface area contributed by atoms with Crippen LogP contribution < -0.4 is 0 Å². The molecule has 22 heavy (non-hydrogen) atoms. The molecule has 1 unspecified atom stereocenters. The molecule has 1 aromatic rings. The third kappa shape index (κ3) is 2.95. The molecule has 2 rings (SSSR count). The molecule has 1 aliphatic rings. The van der Waals surface area contributed by atoms with Gasteiger partial charge in [0.05, 0.1) is 16.6 Å². The molecule has 120 valence electrons. The molecule has 0 fully saturated rings. The number of ketones is 1. The van der Waals surface area contributed by atoms with Gasteiger partial charge in [-0.25, -0.2) is 0 Å². The Bertz CT molecular complexity index is 632. The van der Waals surface area contributed by atoms with Gasteiger partial charge >= 0.3 is 0 Å². The minimum atomic E-state index is -1.31. The number of benzene rings is 1. The zero-order valence-electron chi connectivity index (χ0n) is 13.7. The fraction of sp³-hybridized carbons (Fsp3) is 0.500. The van der Waals surface area contributed by atoms with E-state index in [4.69, 9.17) is 0 Å². The molecular formula is C18H24O3S. The molecule has 0 spiro atoms. The fourth-order valence-corrected chi connectivity index (χ4v) is 4.65. The SMILES string of the molecule is CC[C@@]1(C)CC(=O)C=C(C)[C@]1(O)CS(=O)c1ccc(C)cc1. The first-order valence-electron chi connectivity index (χ1n) is 7.61. The summed E-state index contributed by atoms with van der Waals surface area (Å²) in [5, 5.41) is 11.2. The molecule has 0 radical (unpaired) electrons. The van der Waals surface area contributed by atoms with E-state index in [-0.39, 0.29) is 11.5 Å². The average molecular weight is 320 g/mol. The summed E-state index contributed by atoms with van der Waals surface area (Å²) in [6, 6.07) is 7.52. The zero-order valence-corrected chi connectivity index (χ0v) is 14.5. The van der Waals surface area contributed by atoms with Crippen LogP contribution in [0, 0.1) is 12.3 Å². The first-order chi connectivity index (χ1) is 10.2. The van der Waals surface area contributed by atoms with Crippen LogP contribution in [0.25, 0.3) is 0 Å². The Hall–Kier alpha value is -1.26. The average Bonchev–Trinajstić information content (AvgIpc) is 2.45. The molecule has 0 bridgehead atoms. The molecule has 0 aromatic heterocycles. The highest BCUT2D eigenvalue weighted by molar-refractivity contribution is 7.85. The van der Waals surface area contributed by atoms with Gasteiger partial charge in [0.25, 0.3) is 0 Å². The summed E-state index contributed by atoms with van der Waals surface area (Å²) in [4.78, 5) is 12.6. The zero-order chi connectivity index (χ0) is 16.5. The number of rotatable bonds is 4. The first-order valence-corrected chi connectivity index (χ1v) is 8.93. The topological polar surface area (TPSA) is 54.4 Å². The first kappa shape index (κ1) is 17.1. The van der Waals surface area contributed by atoms with Crippen LogP contribution in [0.3, 0.4) is 0 Å². The van der Waals surface area contributed by atoms with Crippen LogP contribution in [-0.4, -0.2) is 26.5 Å². The van der Waals surface area contributed by atoms with Crippen molar-refractivity contribution >= 4 is 16.6 Å². The second-order valence-electron chi connectivity index (χ2n) is 6.55. The molecular weight excluding hydrogens is 296 g/mol. The van der Waals surface area contributed by atoms with Crippen molar-refractivity contribution in [3.05, 3.63) is 41.5 Å². The lowest BCUT2D eigenvalue weighted by Crippen LogP contribution is -2.54. The summed E-state index contributed by atoms with van der Waals surface area (Å²) in [5.74, 6) is 0.156. The molecule has 0 amide bonds. The normalized spacial score (nSPS) is 30.0. The van der Waals surface area contributed by atoms with E-state index in [1.54, 1.807) is 6.92 Å². The largest absolute Gasteiger partial charge is 0.384 e. The lowest BCUT2D eigenvalue weighted by atomic mass is 9.63. The van der Waals surface area contributed by atoms with Crippen LogP contribution in [0.15, 0.2) is 40.8 Å². The van der Waals surface area contributed by atoms with Gasteiger partial charge in [-0.2, -0.15) is 0 Å². The lowest BCUT2D eigenvalue weighted by Gasteiger charge is -2.47. The second-order valence-corrected chi connectivity index (χ2v) is 8.00. The van der Waals surface area contributed by atoms with Gasteiger partial charge in [-0.3, -0.25) is 9.00 Å². The molecule has 3 nitrogen and oxygen atoms in total. The van der Waals surface area contributed by atoms with Gasteiger partial charge in [-0.15, -0.1) is 0 Å². The molecule has 0 heterocycles. The van der Waals surface area contributed by atoms with Crippen LogP contribution in [0.5, 0.6) is 0 Å². The lowest BCUT2D eigenvalue weighted by molar-refractivity contribution is -0.124. The van der Waals surface area contributed by atoms with Crippen molar-refractivity contribution in [2.75, 3.05) is 5.75 Å². The summed E-state index contributed by atoms with van der Waals surface area (Å²) in [7, 11) is -1.31. The van der Waals surface area contributed by atoms with E-state index < -0.39 is 21.8 Å². The van der Waals surface area contributed by atoms with Gasteiger partial charge in [0.1, 0.15) is 5.60 Å². The predicted molar refractivity (Wildman–Crippen MR) is 89.2 cm³/mol. The van der Waals surface area contributed by atoms with Crippen molar-refractivity contribution in [1.29, 1.82) is 0 Å². The van der Waals surface area contributed by atoms with E-state index >= 15 is 0 Å². The number of aliphatic hydroxyl groups is 1. The van der Waals surface area contributed by atoms with Gasteiger partial charge in [0.2, 0.25) is 0 Å². The highest BCUT2D eigenvalue weighted by atomic mass is 32.2.